The summed E-state index contributed by atoms with van der Waals surface area (Å²) in [7, 11) is 1.82. The number of amidine groups is 1. The highest BCUT2D eigenvalue weighted by Gasteiger charge is 2.21. The van der Waals surface area contributed by atoms with Crippen LogP contribution in [0, 0.1) is 0 Å². The molecule has 0 bridgehead atoms. The molecule has 0 spiro atoms. The molecule has 2 aromatic rings. The molecule has 1 amide bonds. The van der Waals surface area contributed by atoms with Crippen LogP contribution in [0.5, 0.6) is 0 Å². The van der Waals surface area contributed by atoms with Crippen LogP contribution < -0.4 is 5.32 Å². The van der Waals surface area contributed by atoms with Gasteiger partial charge in [0.2, 0.25) is 5.91 Å². The fourth-order valence-corrected chi connectivity index (χ4v) is 4.94. The van der Waals surface area contributed by atoms with Gasteiger partial charge in [-0.05, 0) is 41.3 Å². The third-order valence-electron chi connectivity index (χ3n) is 4.55. The molecule has 0 saturated carbocycles. The first-order valence-corrected chi connectivity index (χ1v) is 11.1. The third kappa shape index (κ3) is 5.56. The quantitative estimate of drug-likeness (QED) is 0.596. The summed E-state index contributed by atoms with van der Waals surface area (Å²) in [5.41, 5.74) is 1.34. The SMILES string of the molecule is CC/C=C(/NC(C)=O)SC(=NC)N1CCN(Cc2ccc3cnsc3c2)CC1. The molecular weight excluding hydrogens is 390 g/mol. The van der Waals surface area contributed by atoms with Crippen molar-refractivity contribution in [2.75, 3.05) is 33.2 Å². The number of hydrogen-bond acceptors (Lipinski definition) is 6. The Bertz CT molecular complexity index is 868. The van der Waals surface area contributed by atoms with Crippen LogP contribution in [0.4, 0.5) is 0 Å². The van der Waals surface area contributed by atoms with Crippen molar-refractivity contribution < 1.29 is 4.79 Å². The number of amides is 1. The number of aromatic nitrogens is 1. The number of benzene rings is 1. The zero-order valence-corrected chi connectivity index (χ0v) is 18.3. The Morgan fingerprint density at radius 1 is 1.36 bits per heavy atom. The molecule has 1 aromatic heterocycles. The van der Waals surface area contributed by atoms with Gasteiger partial charge in [-0.1, -0.05) is 25.1 Å². The number of piperazine rings is 1. The van der Waals surface area contributed by atoms with Crippen molar-refractivity contribution in [3.63, 3.8) is 0 Å². The summed E-state index contributed by atoms with van der Waals surface area (Å²) in [5, 5.41) is 5.93. The van der Waals surface area contributed by atoms with Gasteiger partial charge in [-0.2, -0.15) is 4.37 Å². The molecule has 1 aromatic carbocycles. The number of allylic oxidation sites excluding steroid dienone is 1. The second kappa shape index (κ2) is 10.0. The van der Waals surface area contributed by atoms with Crippen molar-refractivity contribution in [3.05, 3.63) is 41.1 Å². The lowest BCUT2D eigenvalue weighted by molar-refractivity contribution is -0.118. The molecule has 0 aliphatic carbocycles. The highest BCUT2D eigenvalue weighted by atomic mass is 32.2. The minimum Gasteiger partial charge on any atom is -0.349 e. The molecule has 6 nitrogen and oxygen atoms in total. The highest BCUT2D eigenvalue weighted by molar-refractivity contribution is 8.17. The second-order valence-electron chi connectivity index (χ2n) is 6.73. The lowest BCUT2D eigenvalue weighted by Crippen LogP contribution is -2.47. The number of thioether (sulfide) groups is 1. The van der Waals surface area contributed by atoms with Crippen molar-refractivity contribution >= 4 is 44.5 Å². The van der Waals surface area contributed by atoms with E-state index in [2.05, 4.69) is 49.6 Å². The smallest absolute Gasteiger partial charge is 0.221 e. The molecule has 0 unspecified atom stereocenters. The van der Waals surface area contributed by atoms with Gasteiger partial charge in [0.1, 0.15) is 0 Å². The maximum absolute atomic E-state index is 11.4. The Morgan fingerprint density at radius 2 is 2.14 bits per heavy atom. The molecular formula is C20H27N5OS2. The summed E-state index contributed by atoms with van der Waals surface area (Å²) in [6.45, 7) is 8.41. The fraction of sp³-hybridized carbons (Fsp3) is 0.450. The van der Waals surface area contributed by atoms with E-state index in [1.165, 1.54) is 34.3 Å². The van der Waals surface area contributed by atoms with Crippen LogP contribution in [0.1, 0.15) is 25.8 Å². The van der Waals surface area contributed by atoms with E-state index in [4.69, 9.17) is 0 Å². The normalized spacial score (nSPS) is 16.6. The van der Waals surface area contributed by atoms with Crippen molar-refractivity contribution in [2.24, 2.45) is 4.99 Å². The average Bonchev–Trinajstić information content (AvgIpc) is 3.14. The first-order valence-electron chi connectivity index (χ1n) is 9.52. The summed E-state index contributed by atoms with van der Waals surface area (Å²) in [6.07, 6.45) is 4.83. The predicted octanol–water partition coefficient (Wildman–Crippen LogP) is 3.52. The minimum atomic E-state index is -0.0506. The number of aliphatic imine (C=N–C) groups is 1. The summed E-state index contributed by atoms with van der Waals surface area (Å²) in [4.78, 5) is 20.7. The molecule has 0 atom stereocenters. The van der Waals surface area contributed by atoms with E-state index in [1.54, 1.807) is 11.5 Å². The largest absolute Gasteiger partial charge is 0.349 e. The predicted molar refractivity (Wildman–Crippen MR) is 120 cm³/mol. The van der Waals surface area contributed by atoms with Crippen LogP contribution in [0.15, 0.2) is 40.5 Å². The summed E-state index contributed by atoms with van der Waals surface area (Å²) in [5.74, 6) is -0.0506. The van der Waals surface area contributed by atoms with Gasteiger partial charge < -0.3 is 10.2 Å². The van der Waals surface area contributed by atoms with Gasteiger partial charge in [0.15, 0.2) is 5.17 Å². The van der Waals surface area contributed by atoms with Gasteiger partial charge in [-0.3, -0.25) is 14.7 Å². The van der Waals surface area contributed by atoms with E-state index >= 15 is 0 Å². The molecule has 3 rings (SSSR count). The zero-order chi connectivity index (χ0) is 19.9. The fourth-order valence-electron chi connectivity index (χ4n) is 3.19. The van der Waals surface area contributed by atoms with Gasteiger partial charge in [0.05, 0.1) is 9.73 Å². The number of carbonyl (C=O) groups excluding carboxylic acids is 1. The van der Waals surface area contributed by atoms with Gasteiger partial charge in [-0.25, -0.2) is 0 Å². The zero-order valence-electron chi connectivity index (χ0n) is 16.6. The lowest BCUT2D eigenvalue weighted by atomic mass is 10.1. The molecule has 1 saturated heterocycles. The van der Waals surface area contributed by atoms with Crippen LogP contribution >= 0.6 is 23.3 Å². The average molecular weight is 418 g/mol. The van der Waals surface area contributed by atoms with Gasteiger partial charge in [-0.15, -0.1) is 0 Å². The van der Waals surface area contributed by atoms with Crippen molar-refractivity contribution in [1.29, 1.82) is 0 Å². The summed E-state index contributed by atoms with van der Waals surface area (Å²) in [6, 6.07) is 6.61. The Kier molecular flexibility index (Phi) is 7.47. The third-order valence-corrected chi connectivity index (χ3v) is 6.42. The van der Waals surface area contributed by atoms with E-state index < -0.39 is 0 Å². The van der Waals surface area contributed by atoms with E-state index in [0.717, 1.165) is 49.3 Å². The topological polar surface area (TPSA) is 60.8 Å². The molecule has 1 aliphatic heterocycles. The maximum Gasteiger partial charge on any atom is 0.221 e. The van der Waals surface area contributed by atoms with Gasteiger partial charge in [0.25, 0.3) is 0 Å². The maximum atomic E-state index is 11.4. The van der Waals surface area contributed by atoms with Crippen LogP contribution in [0.3, 0.4) is 0 Å². The van der Waals surface area contributed by atoms with Gasteiger partial charge in [0, 0.05) is 58.3 Å². The number of nitrogens with one attached hydrogen (secondary N) is 1. The molecule has 0 radical (unpaired) electrons. The first kappa shape index (κ1) is 20.8. The molecule has 150 valence electrons. The Balaban J connectivity index is 1.55. The van der Waals surface area contributed by atoms with Crippen LogP contribution in [-0.2, 0) is 11.3 Å². The van der Waals surface area contributed by atoms with Crippen molar-refractivity contribution in [1.82, 2.24) is 19.5 Å². The molecule has 8 heteroatoms. The van der Waals surface area contributed by atoms with E-state index in [1.807, 2.05) is 19.3 Å². The van der Waals surface area contributed by atoms with Gasteiger partial charge >= 0.3 is 0 Å². The Hall–Kier alpha value is -1.90. The van der Waals surface area contributed by atoms with E-state index in [-0.39, 0.29) is 5.91 Å². The highest BCUT2D eigenvalue weighted by Crippen LogP contribution is 2.22. The summed E-state index contributed by atoms with van der Waals surface area (Å²) < 4.78 is 5.51. The van der Waals surface area contributed by atoms with Crippen molar-refractivity contribution in [3.8, 4) is 0 Å². The van der Waals surface area contributed by atoms with E-state index in [9.17, 15) is 4.79 Å². The van der Waals surface area contributed by atoms with Crippen LogP contribution in [0.25, 0.3) is 10.1 Å². The van der Waals surface area contributed by atoms with Crippen LogP contribution in [0.2, 0.25) is 0 Å². The number of fused-ring (bicyclic) bond motifs is 1. The molecule has 2 heterocycles. The van der Waals surface area contributed by atoms with E-state index in [0.29, 0.717) is 0 Å². The molecule has 1 aliphatic rings. The minimum absolute atomic E-state index is 0.0506. The number of hydrogen-bond donors (Lipinski definition) is 1. The molecule has 28 heavy (non-hydrogen) atoms. The first-order chi connectivity index (χ1) is 13.6. The molecule has 1 fully saturated rings. The molecule has 1 N–H and O–H groups in total. The number of rotatable bonds is 5. The standard InChI is InChI=1S/C20H27N5OS2/c1-4-5-19(23-15(2)26)27-20(21-3)25-10-8-24(9-11-25)14-16-6-7-17-13-22-28-18(17)12-16/h5-7,12-13H,4,8-11,14H2,1-3H3,(H,23,26)/b19-5-,21-20?. The summed E-state index contributed by atoms with van der Waals surface area (Å²) >= 11 is 3.09. The number of nitrogens with zero attached hydrogens (tertiary/aromatic N) is 4. The Morgan fingerprint density at radius 3 is 2.82 bits per heavy atom. The second-order valence-corrected chi connectivity index (χ2v) is 8.57. The van der Waals surface area contributed by atoms with Crippen LogP contribution in [-0.4, -0.2) is 58.5 Å². The Labute approximate surface area is 174 Å². The van der Waals surface area contributed by atoms with Crippen molar-refractivity contribution in [2.45, 2.75) is 26.8 Å². The monoisotopic (exact) mass is 417 g/mol. The lowest BCUT2D eigenvalue weighted by Gasteiger charge is -2.36. The number of carbonyl (C=O) groups is 1.